The Bertz CT molecular complexity index is 460. The fourth-order valence-electron chi connectivity index (χ4n) is 1.68. The summed E-state index contributed by atoms with van der Waals surface area (Å²) in [6, 6.07) is 1.93. The molecule has 0 bridgehead atoms. The monoisotopic (exact) mass is 314 g/mol. The molecule has 1 aromatic heterocycles. The number of amides is 2. The minimum atomic E-state index is -1.08. The van der Waals surface area contributed by atoms with E-state index in [1.165, 1.54) is 11.3 Å². The Balaban J connectivity index is 2.50. The second kappa shape index (κ2) is 7.99. The summed E-state index contributed by atoms with van der Waals surface area (Å²) < 4.78 is 5.02. The molecule has 3 N–H and O–H groups in total. The van der Waals surface area contributed by atoms with Crippen LogP contribution in [0.4, 0.5) is 4.79 Å². The maximum Gasteiger partial charge on any atom is 0.331 e. The highest BCUT2D eigenvalue weighted by molar-refractivity contribution is 7.10. The number of methoxy groups -OCH3 is 1. The standard InChI is InChI=1S/C14H22N2O4S/c1-14(2,6-7-20-3)9-15-13(19)16-11(12(17)18)10-5-4-8-21-10/h4-5,8,11H,6-7,9H2,1-3H3,(H,17,18)(H2,15,16,19). The van der Waals surface area contributed by atoms with Crippen molar-refractivity contribution in [2.45, 2.75) is 26.3 Å². The van der Waals surface area contributed by atoms with Gasteiger partial charge >= 0.3 is 12.0 Å². The lowest BCUT2D eigenvalue weighted by atomic mass is 9.90. The van der Waals surface area contributed by atoms with Crippen LogP contribution in [-0.2, 0) is 9.53 Å². The van der Waals surface area contributed by atoms with E-state index in [0.29, 0.717) is 18.0 Å². The number of nitrogens with one attached hydrogen (secondary N) is 2. The van der Waals surface area contributed by atoms with E-state index in [-0.39, 0.29) is 5.41 Å². The highest BCUT2D eigenvalue weighted by atomic mass is 32.1. The summed E-state index contributed by atoms with van der Waals surface area (Å²) in [6.45, 7) is 5.09. The van der Waals surface area contributed by atoms with Crippen molar-refractivity contribution in [2.24, 2.45) is 5.41 Å². The third-order valence-electron chi connectivity index (χ3n) is 3.06. The van der Waals surface area contributed by atoms with E-state index in [1.807, 2.05) is 13.8 Å². The fourth-order valence-corrected chi connectivity index (χ4v) is 2.45. The van der Waals surface area contributed by atoms with Crippen molar-refractivity contribution in [1.82, 2.24) is 10.6 Å². The van der Waals surface area contributed by atoms with Gasteiger partial charge in [-0.2, -0.15) is 0 Å². The van der Waals surface area contributed by atoms with Crippen LogP contribution in [0.3, 0.4) is 0 Å². The maximum absolute atomic E-state index is 11.9. The molecule has 2 amide bonds. The molecular weight excluding hydrogens is 292 g/mol. The Morgan fingerprint density at radius 3 is 2.71 bits per heavy atom. The van der Waals surface area contributed by atoms with Gasteiger partial charge in [-0.05, 0) is 23.3 Å². The van der Waals surface area contributed by atoms with Gasteiger partial charge in [0, 0.05) is 25.1 Å². The van der Waals surface area contributed by atoms with Gasteiger partial charge in [-0.25, -0.2) is 9.59 Å². The highest BCUT2D eigenvalue weighted by Crippen LogP contribution is 2.20. The summed E-state index contributed by atoms with van der Waals surface area (Å²) in [6.07, 6.45) is 0.803. The van der Waals surface area contributed by atoms with E-state index in [1.54, 1.807) is 24.6 Å². The van der Waals surface area contributed by atoms with E-state index in [4.69, 9.17) is 4.74 Å². The van der Waals surface area contributed by atoms with E-state index >= 15 is 0 Å². The van der Waals surface area contributed by atoms with Crippen molar-refractivity contribution in [2.75, 3.05) is 20.3 Å². The molecule has 0 saturated heterocycles. The summed E-state index contributed by atoms with van der Waals surface area (Å²) in [7, 11) is 1.63. The van der Waals surface area contributed by atoms with E-state index in [0.717, 1.165) is 6.42 Å². The van der Waals surface area contributed by atoms with Gasteiger partial charge in [0.1, 0.15) is 0 Å². The van der Waals surface area contributed by atoms with E-state index in [2.05, 4.69) is 10.6 Å². The largest absolute Gasteiger partial charge is 0.479 e. The number of aliphatic carboxylic acids is 1. The summed E-state index contributed by atoms with van der Waals surface area (Å²) in [4.78, 5) is 23.7. The number of thiophene rings is 1. The molecule has 0 aromatic carbocycles. The maximum atomic E-state index is 11.9. The summed E-state index contributed by atoms with van der Waals surface area (Å²) in [5, 5.41) is 16.2. The summed E-state index contributed by atoms with van der Waals surface area (Å²) in [5.74, 6) is -1.08. The Hall–Kier alpha value is -1.60. The van der Waals surface area contributed by atoms with Crippen molar-refractivity contribution >= 4 is 23.3 Å². The van der Waals surface area contributed by atoms with Crippen LogP contribution in [0.15, 0.2) is 17.5 Å². The number of rotatable bonds is 8. The second-order valence-electron chi connectivity index (χ2n) is 5.52. The van der Waals surface area contributed by atoms with Crippen LogP contribution in [-0.4, -0.2) is 37.4 Å². The van der Waals surface area contributed by atoms with Gasteiger partial charge in [0.25, 0.3) is 0 Å². The normalized spacial score (nSPS) is 12.7. The molecule has 1 aromatic rings. The third kappa shape index (κ3) is 6.14. The van der Waals surface area contributed by atoms with Crippen molar-refractivity contribution in [3.05, 3.63) is 22.4 Å². The number of carbonyl (C=O) groups excluding carboxylic acids is 1. The molecule has 7 heteroatoms. The zero-order chi connectivity index (χ0) is 15.9. The first-order valence-electron chi connectivity index (χ1n) is 6.65. The van der Waals surface area contributed by atoms with Gasteiger partial charge in [0.2, 0.25) is 0 Å². The molecule has 1 unspecified atom stereocenters. The number of urea groups is 1. The molecule has 0 spiro atoms. The van der Waals surface area contributed by atoms with Gasteiger partial charge in [0.05, 0.1) is 0 Å². The number of ether oxygens (including phenoxy) is 1. The number of hydrogen-bond acceptors (Lipinski definition) is 4. The van der Waals surface area contributed by atoms with Gasteiger partial charge in [0.15, 0.2) is 6.04 Å². The second-order valence-corrected chi connectivity index (χ2v) is 6.50. The molecule has 118 valence electrons. The minimum Gasteiger partial charge on any atom is -0.479 e. The van der Waals surface area contributed by atoms with Gasteiger partial charge < -0.3 is 20.5 Å². The predicted octanol–water partition coefficient (Wildman–Crippen LogP) is 2.24. The third-order valence-corrected chi connectivity index (χ3v) is 4.00. The molecule has 0 aliphatic heterocycles. The highest BCUT2D eigenvalue weighted by Gasteiger charge is 2.24. The lowest BCUT2D eigenvalue weighted by molar-refractivity contribution is -0.139. The lowest BCUT2D eigenvalue weighted by Crippen LogP contribution is -2.44. The minimum absolute atomic E-state index is 0.116. The molecule has 0 radical (unpaired) electrons. The Morgan fingerprint density at radius 1 is 1.48 bits per heavy atom. The van der Waals surface area contributed by atoms with Gasteiger partial charge in [-0.1, -0.05) is 19.9 Å². The zero-order valence-electron chi connectivity index (χ0n) is 12.5. The average Bonchev–Trinajstić information content (AvgIpc) is 2.94. The molecule has 0 aliphatic carbocycles. The fraction of sp³-hybridized carbons (Fsp3) is 0.571. The number of carbonyl (C=O) groups is 2. The predicted molar refractivity (Wildman–Crippen MR) is 81.5 cm³/mol. The van der Waals surface area contributed by atoms with Crippen molar-refractivity contribution < 1.29 is 19.4 Å². The Labute approximate surface area is 128 Å². The molecule has 6 nitrogen and oxygen atoms in total. The first kappa shape index (κ1) is 17.5. The van der Waals surface area contributed by atoms with Crippen LogP contribution in [0, 0.1) is 5.41 Å². The Kier molecular flexibility index (Phi) is 6.64. The van der Waals surface area contributed by atoms with Crippen LogP contribution < -0.4 is 10.6 Å². The molecule has 1 heterocycles. The van der Waals surface area contributed by atoms with Crippen LogP contribution in [0.5, 0.6) is 0 Å². The van der Waals surface area contributed by atoms with Crippen LogP contribution >= 0.6 is 11.3 Å². The topological polar surface area (TPSA) is 87.7 Å². The van der Waals surface area contributed by atoms with E-state index < -0.39 is 18.0 Å². The van der Waals surface area contributed by atoms with Crippen LogP contribution in [0.1, 0.15) is 31.2 Å². The molecule has 1 atom stereocenters. The molecule has 21 heavy (non-hydrogen) atoms. The first-order chi connectivity index (χ1) is 9.85. The molecule has 0 fully saturated rings. The lowest BCUT2D eigenvalue weighted by Gasteiger charge is -2.25. The van der Waals surface area contributed by atoms with Crippen molar-refractivity contribution in [3.8, 4) is 0 Å². The van der Waals surface area contributed by atoms with Gasteiger partial charge in [-0.3, -0.25) is 0 Å². The number of hydrogen-bond donors (Lipinski definition) is 3. The smallest absolute Gasteiger partial charge is 0.331 e. The zero-order valence-corrected chi connectivity index (χ0v) is 13.3. The van der Waals surface area contributed by atoms with Crippen molar-refractivity contribution in [3.63, 3.8) is 0 Å². The van der Waals surface area contributed by atoms with Crippen molar-refractivity contribution in [1.29, 1.82) is 0 Å². The molecule has 0 aliphatic rings. The Morgan fingerprint density at radius 2 is 2.19 bits per heavy atom. The van der Waals surface area contributed by atoms with Gasteiger partial charge in [-0.15, -0.1) is 11.3 Å². The average molecular weight is 314 g/mol. The van der Waals surface area contributed by atoms with Crippen LogP contribution in [0.25, 0.3) is 0 Å². The van der Waals surface area contributed by atoms with Crippen LogP contribution in [0.2, 0.25) is 0 Å². The van der Waals surface area contributed by atoms with E-state index in [9.17, 15) is 14.7 Å². The number of carboxylic acid groups (broad SMARTS) is 1. The molecule has 1 rings (SSSR count). The summed E-state index contributed by atoms with van der Waals surface area (Å²) in [5.41, 5.74) is -0.116. The number of carboxylic acids is 1. The quantitative estimate of drug-likeness (QED) is 0.686. The summed E-state index contributed by atoms with van der Waals surface area (Å²) >= 11 is 1.30. The first-order valence-corrected chi connectivity index (χ1v) is 7.53. The molecular formula is C14H22N2O4S. The molecule has 0 saturated carbocycles. The SMILES string of the molecule is COCCC(C)(C)CNC(=O)NC(C(=O)O)c1cccs1.